The largest absolute Gasteiger partial charge is 0.398 e. The van der Waals surface area contributed by atoms with E-state index < -0.39 is 0 Å². The van der Waals surface area contributed by atoms with Gasteiger partial charge >= 0.3 is 0 Å². The summed E-state index contributed by atoms with van der Waals surface area (Å²) in [4.78, 5) is 4.21. The van der Waals surface area contributed by atoms with Gasteiger partial charge in [-0.1, -0.05) is 13.3 Å². The monoisotopic (exact) mass is 251 g/mol. The number of nitrogens with two attached hydrogens (primary N) is 1. The highest BCUT2D eigenvalue weighted by atomic mass is 32.2. The fraction of sp³-hybridized carbons (Fsp3) is 0.615. The number of rotatable bonds is 4. The summed E-state index contributed by atoms with van der Waals surface area (Å²) in [5.41, 5.74) is 8.09. The smallest absolute Gasteiger partial charge is 0.0476 e. The van der Waals surface area contributed by atoms with Crippen molar-refractivity contribution >= 4 is 17.4 Å². The number of thioether (sulfide) groups is 1. The topological polar surface area (TPSA) is 50.9 Å². The first-order valence-corrected chi connectivity index (χ1v) is 7.42. The maximum absolute atomic E-state index is 6.07. The Kier molecular flexibility index (Phi) is 4.68. The minimum absolute atomic E-state index is 0.346. The lowest BCUT2D eigenvalue weighted by molar-refractivity contribution is 0.491. The zero-order valence-corrected chi connectivity index (χ0v) is 11.2. The third kappa shape index (κ3) is 3.13. The standard InChI is InChI=1S/C13H21N3S/c1-2-16-13(12-5-3-4-8-17-12)10-9-15-7-6-11(10)14/h6-7,9,12-13,16H,2-5,8H2,1H3,(H2,14,15). The molecule has 3 N–H and O–H groups in total. The van der Waals surface area contributed by atoms with Gasteiger partial charge in [-0.25, -0.2) is 0 Å². The third-order valence-electron chi connectivity index (χ3n) is 3.23. The van der Waals surface area contributed by atoms with Crippen LogP contribution in [-0.4, -0.2) is 22.5 Å². The van der Waals surface area contributed by atoms with Gasteiger partial charge in [0.25, 0.3) is 0 Å². The summed E-state index contributed by atoms with van der Waals surface area (Å²) in [5.74, 6) is 1.27. The van der Waals surface area contributed by atoms with Gasteiger partial charge in [0.15, 0.2) is 0 Å². The summed E-state index contributed by atoms with van der Waals surface area (Å²) in [6, 6.07) is 2.24. The number of pyridine rings is 1. The summed E-state index contributed by atoms with van der Waals surface area (Å²) < 4.78 is 0. The van der Waals surface area contributed by atoms with Gasteiger partial charge < -0.3 is 11.1 Å². The molecule has 1 saturated heterocycles. The summed E-state index contributed by atoms with van der Waals surface area (Å²) in [6.45, 7) is 3.11. The second-order valence-corrected chi connectivity index (χ2v) is 5.79. The summed E-state index contributed by atoms with van der Waals surface area (Å²) >= 11 is 2.07. The number of anilines is 1. The Bertz CT molecular complexity index is 350. The molecule has 2 rings (SSSR count). The van der Waals surface area contributed by atoms with Crippen molar-refractivity contribution in [3.63, 3.8) is 0 Å². The molecule has 94 valence electrons. The predicted molar refractivity (Wildman–Crippen MR) is 75.2 cm³/mol. The minimum atomic E-state index is 0.346. The molecule has 0 aliphatic carbocycles. The maximum Gasteiger partial charge on any atom is 0.0476 e. The molecule has 0 radical (unpaired) electrons. The van der Waals surface area contributed by atoms with Gasteiger partial charge in [-0.3, -0.25) is 4.98 Å². The fourth-order valence-corrected chi connectivity index (χ4v) is 3.81. The zero-order chi connectivity index (χ0) is 12.1. The van der Waals surface area contributed by atoms with E-state index in [9.17, 15) is 0 Å². The predicted octanol–water partition coefficient (Wildman–Crippen LogP) is 2.60. The lowest BCUT2D eigenvalue weighted by Crippen LogP contribution is -2.32. The van der Waals surface area contributed by atoms with Crippen LogP contribution in [0, 0.1) is 0 Å². The molecule has 1 aromatic heterocycles. The fourth-order valence-electron chi connectivity index (χ4n) is 2.37. The quantitative estimate of drug-likeness (QED) is 0.863. The van der Waals surface area contributed by atoms with Crippen molar-refractivity contribution < 1.29 is 0 Å². The molecule has 2 heterocycles. The highest BCUT2D eigenvalue weighted by Gasteiger charge is 2.26. The number of hydrogen-bond donors (Lipinski definition) is 2. The van der Waals surface area contributed by atoms with Crippen molar-refractivity contribution in [1.29, 1.82) is 0 Å². The Labute approximate surface area is 108 Å². The molecule has 0 saturated carbocycles. The van der Waals surface area contributed by atoms with Crippen LogP contribution >= 0.6 is 11.8 Å². The third-order valence-corrected chi connectivity index (χ3v) is 4.69. The number of hydrogen-bond acceptors (Lipinski definition) is 4. The van der Waals surface area contributed by atoms with Gasteiger partial charge in [0.1, 0.15) is 0 Å². The highest BCUT2D eigenvalue weighted by Crippen LogP contribution is 2.36. The van der Waals surface area contributed by atoms with Crippen molar-refractivity contribution in [2.45, 2.75) is 37.5 Å². The molecule has 4 heteroatoms. The molecule has 0 amide bonds. The number of nitrogens with zero attached hydrogens (tertiary/aromatic N) is 1. The normalized spacial score (nSPS) is 22.3. The minimum Gasteiger partial charge on any atom is -0.398 e. The SMILES string of the molecule is CCNC(c1cnccc1N)C1CCCCS1. The molecular formula is C13H21N3S. The molecule has 1 aliphatic rings. The van der Waals surface area contributed by atoms with E-state index in [2.05, 4.69) is 29.0 Å². The Morgan fingerprint density at radius 1 is 1.59 bits per heavy atom. The first-order valence-electron chi connectivity index (χ1n) is 6.37. The summed E-state index contributed by atoms with van der Waals surface area (Å²) in [6.07, 6.45) is 7.63. The van der Waals surface area contributed by atoms with Gasteiger partial charge in [0, 0.05) is 34.9 Å². The molecule has 2 atom stereocenters. The van der Waals surface area contributed by atoms with Gasteiger partial charge in [0.05, 0.1) is 0 Å². The second kappa shape index (κ2) is 6.26. The average molecular weight is 251 g/mol. The van der Waals surface area contributed by atoms with E-state index in [-0.39, 0.29) is 0 Å². The number of nitrogen functional groups attached to an aromatic ring is 1. The molecule has 1 aliphatic heterocycles. The van der Waals surface area contributed by atoms with E-state index in [1.807, 2.05) is 12.3 Å². The van der Waals surface area contributed by atoms with Gasteiger partial charge in [-0.15, -0.1) is 0 Å². The van der Waals surface area contributed by atoms with Crippen molar-refractivity contribution in [3.8, 4) is 0 Å². The van der Waals surface area contributed by atoms with Crippen LogP contribution in [0.15, 0.2) is 18.5 Å². The van der Waals surface area contributed by atoms with Crippen molar-refractivity contribution in [2.24, 2.45) is 0 Å². The van der Waals surface area contributed by atoms with E-state index >= 15 is 0 Å². The Morgan fingerprint density at radius 3 is 3.12 bits per heavy atom. The lowest BCUT2D eigenvalue weighted by Gasteiger charge is -2.31. The first-order chi connectivity index (χ1) is 8.33. The molecule has 1 fully saturated rings. The van der Waals surface area contributed by atoms with Crippen LogP contribution in [0.3, 0.4) is 0 Å². The van der Waals surface area contributed by atoms with Gasteiger partial charge in [-0.05, 0) is 31.2 Å². The molecule has 3 nitrogen and oxygen atoms in total. The van der Waals surface area contributed by atoms with Crippen LogP contribution in [0.4, 0.5) is 5.69 Å². The molecule has 1 aromatic rings. The lowest BCUT2D eigenvalue weighted by atomic mass is 9.99. The molecule has 0 spiro atoms. The summed E-state index contributed by atoms with van der Waals surface area (Å²) in [7, 11) is 0. The Balaban J connectivity index is 2.18. The molecule has 0 aromatic carbocycles. The molecular weight excluding hydrogens is 230 g/mol. The maximum atomic E-state index is 6.07. The van der Waals surface area contributed by atoms with Crippen molar-refractivity contribution in [3.05, 3.63) is 24.0 Å². The Morgan fingerprint density at radius 2 is 2.47 bits per heavy atom. The van der Waals surface area contributed by atoms with Crippen LogP contribution in [0.2, 0.25) is 0 Å². The number of aromatic nitrogens is 1. The first kappa shape index (κ1) is 12.7. The van der Waals surface area contributed by atoms with E-state index in [0.29, 0.717) is 11.3 Å². The molecule has 17 heavy (non-hydrogen) atoms. The summed E-state index contributed by atoms with van der Waals surface area (Å²) in [5, 5.41) is 4.20. The van der Waals surface area contributed by atoms with Crippen LogP contribution in [-0.2, 0) is 0 Å². The van der Waals surface area contributed by atoms with Crippen molar-refractivity contribution in [1.82, 2.24) is 10.3 Å². The van der Waals surface area contributed by atoms with Crippen LogP contribution < -0.4 is 11.1 Å². The highest BCUT2D eigenvalue weighted by molar-refractivity contribution is 8.00. The van der Waals surface area contributed by atoms with Gasteiger partial charge in [0.2, 0.25) is 0 Å². The van der Waals surface area contributed by atoms with Crippen LogP contribution in [0.1, 0.15) is 37.8 Å². The average Bonchev–Trinajstić information content (AvgIpc) is 2.38. The van der Waals surface area contributed by atoms with E-state index in [1.165, 1.54) is 25.0 Å². The van der Waals surface area contributed by atoms with Crippen LogP contribution in [0.5, 0.6) is 0 Å². The van der Waals surface area contributed by atoms with Crippen LogP contribution in [0.25, 0.3) is 0 Å². The molecule has 0 bridgehead atoms. The van der Waals surface area contributed by atoms with E-state index in [4.69, 9.17) is 5.73 Å². The van der Waals surface area contributed by atoms with Crippen molar-refractivity contribution in [2.75, 3.05) is 18.0 Å². The number of nitrogens with one attached hydrogen (secondary N) is 1. The van der Waals surface area contributed by atoms with E-state index in [1.54, 1.807) is 6.20 Å². The second-order valence-electron chi connectivity index (χ2n) is 4.44. The van der Waals surface area contributed by atoms with Gasteiger partial charge in [-0.2, -0.15) is 11.8 Å². The molecule has 2 unspecified atom stereocenters. The Hall–Kier alpha value is -0.740. The zero-order valence-electron chi connectivity index (χ0n) is 10.4. The van der Waals surface area contributed by atoms with E-state index in [0.717, 1.165) is 17.8 Å².